The molecule has 28 heavy (non-hydrogen) atoms. The first-order valence-electron chi connectivity index (χ1n) is 9.08. The van der Waals surface area contributed by atoms with Crippen LogP contribution < -0.4 is 26.1 Å². The van der Waals surface area contributed by atoms with E-state index in [9.17, 15) is 0 Å². The summed E-state index contributed by atoms with van der Waals surface area (Å²) in [5.74, 6) is 1.42. The van der Waals surface area contributed by atoms with Gasteiger partial charge >= 0.3 is 0 Å². The van der Waals surface area contributed by atoms with Gasteiger partial charge in [-0.2, -0.15) is 0 Å². The standard InChI is InChI=1S/C23H19N3O2/c1-27-17-11-9-16(10-12-17)22-25-23-19(13-14-28-23)21(24)26(22)20-8-4-6-15-5-2-3-7-18(15)20/h2-14,22H,24H2,1H3. The van der Waals surface area contributed by atoms with E-state index in [0.717, 1.165) is 33.0 Å². The van der Waals surface area contributed by atoms with E-state index in [1.165, 1.54) is 0 Å². The number of nitrogens with zero attached hydrogens (tertiary/aromatic N) is 2. The third-order valence-electron chi connectivity index (χ3n) is 5.10. The van der Waals surface area contributed by atoms with Gasteiger partial charge in [-0.15, -0.1) is 0 Å². The Morgan fingerprint density at radius 1 is 0.964 bits per heavy atom. The first kappa shape index (κ1) is 16.4. The van der Waals surface area contributed by atoms with E-state index in [0.29, 0.717) is 11.4 Å². The Labute approximate surface area is 162 Å². The summed E-state index contributed by atoms with van der Waals surface area (Å²) in [6.45, 7) is 0. The van der Waals surface area contributed by atoms with Gasteiger partial charge in [-0.1, -0.05) is 48.5 Å². The van der Waals surface area contributed by atoms with Crippen LogP contribution in [0.1, 0.15) is 11.7 Å². The van der Waals surface area contributed by atoms with Crippen LogP contribution in [-0.2, 0) is 0 Å². The Morgan fingerprint density at radius 2 is 1.75 bits per heavy atom. The zero-order valence-corrected chi connectivity index (χ0v) is 15.4. The molecule has 0 radical (unpaired) electrons. The van der Waals surface area contributed by atoms with E-state index in [2.05, 4.69) is 29.2 Å². The van der Waals surface area contributed by atoms with Crippen molar-refractivity contribution in [2.75, 3.05) is 12.0 Å². The summed E-state index contributed by atoms with van der Waals surface area (Å²) in [4.78, 5) is 6.94. The van der Waals surface area contributed by atoms with E-state index in [-0.39, 0.29) is 6.17 Å². The molecule has 0 saturated heterocycles. The van der Waals surface area contributed by atoms with Crippen molar-refractivity contribution in [3.05, 3.63) is 95.4 Å². The number of fused-ring (bicyclic) bond motifs is 2. The molecule has 138 valence electrons. The second kappa shape index (κ2) is 6.46. The summed E-state index contributed by atoms with van der Waals surface area (Å²) >= 11 is 0. The van der Waals surface area contributed by atoms with Gasteiger partial charge in [0.1, 0.15) is 11.6 Å². The Kier molecular flexibility index (Phi) is 3.79. The van der Waals surface area contributed by atoms with Crippen molar-refractivity contribution in [2.24, 2.45) is 10.7 Å². The lowest BCUT2D eigenvalue weighted by atomic mass is 10.0. The van der Waals surface area contributed by atoms with Crippen molar-refractivity contribution in [1.29, 1.82) is 0 Å². The fourth-order valence-electron chi connectivity index (χ4n) is 3.71. The van der Waals surface area contributed by atoms with Crippen molar-refractivity contribution >= 4 is 22.3 Å². The van der Waals surface area contributed by atoms with Gasteiger partial charge in [0.05, 0.1) is 24.3 Å². The lowest BCUT2D eigenvalue weighted by Crippen LogP contribution is -2.43. The van der Waals surface area contributed by atoms with Crippen LogP contribution in [0.5, 0.6) is 5.75 Å². The number of ether oxygens (including phenoxy) is 1. The predicted octanol–water partition coefficient (Wildman–Crippen LogP) is 3.30. The van der Waals surface area contributed by atoms with Gasteiger partial charge in [0.15, 0.2) is 6.17 Å². The number of anilines is 1. The number of methoxy groups -OCH3 is 1. The maximum absolute atomic E-state index is 6.64. The van der Waals surface area contributed by atoms with Crippen LogP contribution in [-0.4, -0.2) is 7.11 Å². The smallest absolute Gasteiger partial charge is 0.227 e. The lowest BCUT2D eigenvalue weighted by Gasteiger charge is -2.33. The molecule has 0 aliphatic carbocycles. The van der Waals surface area contributed by atoms with Crippen molar-refractivity contribution in [2.45, 2.75) is 6.17 Å². The minimum atomic E-state index is -0.338. The Bertz CT molecular complexity index is 1270. The molecule has 5 rings (SSSR count). The van der Waals surface area contributed by atoms with Crippen LogP contribution in [0, 0.1) is 0 Å². The molecule has 0 amide bonds. The maximum Gasteiger partial charge on any atom is 0.227 e. The lowest BCUT2D eigenvalue weighted by molar-refractivity contribution is 0.414. The molecule has 5 heteroatoms. The Morgan fingerprint density at radius 3 is 2.57 bits per heavy atom. The highest BCUT2D eigenvalue weighted by Gasteiger charge is 2.28. The number of nitrogens with two attached hydrogens (primary N) is 1. The first-order valence-corrected chi connectivity index (χ1v) is 9.08. The van der Waals surface area contributed by atoms with Crippen LogP contribution >= 0.6 is 0 Å². The molecule has 1 aliphatic heterocycles. The minimum absolute atomic E-state index is 0.338. The summed E-state index contributed by atoms with van der Waals surface area (Å²) < 4.78 is 10.9. The highest BCUT2D eigenvalue weighted by Crippen LogP contribution is 2.36. The fourth-order valence-corrected chi connectivity index (χ4v) is 3.71. The molecule has 0 spiro atoms. The molecule has 0 saturated carbocycles. The topological polar surface area (TPSA) is 64.0 Å². The van der Waals surface area contributed by atoms with Crippen molar-refractivity contribution < 1.29 is 9.15 Å². The Hall–Kier alpha value is -3.73. The van der Waals surface area contributed by atoms with Gasteiger partial charge in [0.25, 0.3) is 0 Å². The summed E-state index contributed by atoms with van der Waals surface area (Å²) in [5.41, 5.74) is 9.20. The minimum Gasteiger partial charge on any atom is -0.497 e. The second-order valence-corrected chi connectivity index (χ2v) is 6.67. The van der Waals surface area contributed by atoms with Gasteiger partial charge in [-0.3, -0.25) is 4.90 Å². The quantitative estimate of drug-likeness (QED) is 0.602. The number of hydrogen-bond donors (Lipinski definition) is 1. The monoisotopic (exact) mass is 369 g/mol. The first-order chi connectivity index (χ1) is 13.8. The number of rotatable bonds is 3. The highest BCUT2D eigenvalue weighted by molar-refractivity contribution is 5.97. The van der Waals surface area contributed by atoms with E-state index in [1.54, 1.807) is 13.4 Å². The van der Waals surface area contributed by atoms with E-state index >= 15 is 0 Å². The molecular formula is C23H19N3O2. The summed E-state index contributed by atoms with van der Waals surface area (Å²) in [5, 5.41) is 3.07. The maximum atomic E-state index is 6.64. The van der Waals surface area contributed by atoms with E-state index in [4.69, 9.17) is 19.9 Å². The molecule has 1 atom stereocenters. The molecule has 0 fully saturated rings. The molecule has 1 aliphatic rings. The van der Waals surface area contributed by atoms with Crippen LogP contribution in [0.2, 0.25) is 0 Å². The second-order valence-electron chi connectivity index (χ2n) is 6.67. The predicted molar refractivity (Wildman–Crippen MR) is 109 cm³/mol. The van der Waals surface area contributed by atoms with Crippen LogP contribution in [0.4, 0.5) is 5.69 Å². The normalized spacial score (nSPS) is 16.0. The average Bonchev–Trinajstić information content (AvgIpc) is 3.23. The van der Waals surface area contributed by atoms with Crippen LogP contribution in [0.3, 0.4) is 0 Å². The zero-order valence-electron chi connectivity index (χ0n) is 15.4. The number of furan rings is 1. The molecule has 3 aromatic carbocycles. The third kappa shape index (κ3) is 2.52. The molecule has 1 aromatic heterocycles. The summed E-state index contributed by atoms with van der Waals surface area (Å²) in [6, 6.07) is 24.2. The molecule has 4 aromatic rings. The SMILES string of the molecule is COc1ccc(C2N=c3occc3=C(N)N2c2cccc3ccccc23)cc1. The van der Waals surface area contributed by atoms with Crippen LogP contribution in [0.15, 0.2) is 88.5 Å². The molecule has 0 bridgehead atoms. The fraction of sp³-hybridized carbons (Fsp3) is 0.0870. The number of hydrogen-bond acceptors (Lipinski definition) is 5. The van der Waals surface area contributed by atoms with Gasteiger partial charge in [0.2, 0.25) is 5.55 Å². The Balaban J connectivity index is 1.76. The highest BCUT2D eigenvalue weighted by atomic mass is 16.5. The van der Waals surface area contributed by atoms with Crippen LogP contribution in [0.25, 0.3) is 16.6 Å². The molecule has 1 unspecified atom stereocenters. The average molecular weight is 369 g/mol. The van der Waals surface area contributed by atoms with Crippen molar-refractivity contribution in [3.8, 4) is 5.75 Å². The van der Waals surface area contributed by atoms with Crippen molar-refractivity contribution in [3.63, 3.8) is 0 Å². The van der Waals surface area contributed by atoms with E-state index < -0.39 is 0 Å². The summed E-state index contributed by atoms with van der Waals surface area (Å²) in [6.07, 6.45) is 1.29. The van der Waals surface area contributed by atoms with Gasteiger partial charge in [-0.25, -0.2) is 4.99 Å². The largest absolute Gasteiger partial charge is 0.497 e. The van der Waals surface area contributed by atoms with Crippen molar-refractivity contribution in [1.82, 2.24) is 0 Å². The summed E-state index contributed by atoms with van der Waals surface area (Å²) in [7, 11) is 1.66. The molecular weight excluding hydrogens is 350 g/mol. The number of benzene rings is 3. The van der Waals surface area contributed by atoms with E-state index in [1.807, 2.05) is 48.5 Å². The third-order valence-corrected chi connectivity index (χ3v) is 5.10. The zero-order chi connectivity index (χ0) is 19.1. The van der Waals surface area contributed by atoms with Gasteiger partial charge in [0, 0.05) is 5.39 Å². The molecule has 2 N–H and O–H groups in total. The van der Waals surface area contributed by atoms with Gasteiger partial charge < -0.3 is 14.9 Å². The molecule has 2 heterocycles. The molecule has 5 nitrogen and oxygen atoms in total. The van der Waals surface area contributed by atoms with Gasteiger partial charge in [-0.05, 0) is 35.2 Å².